The lowest BCUT2D eigenvalue weighted by Crippen LogP contribution is -2.38. The van der Waals surface area contributed by atoms with Gasteiger partial charge in [-0.2, -0.15) is 5.10 Å². The molecule has 1 aromatic heterocycles. The third kappa shape index (κ3) is 3.51. The van der Waals surface area contributed by atoms with E-state index in [1.54, 1.807) is 10.7 Å². The Balaban J connectivity index is 1.62. The zero-order chi connectivity index (χ0) is 17.3. The lowest BCUT2D eigenvalue weighted by atomic mass is 10.1. The molecule has 2 aromatic rings. The van der Waals surface area contributed by atoms with Gasteiger partial charge in [-0.3, -0.25) is 4.68 Å². The number of carboxylic acids is 1. The van der Waals surface area contributed by atoms with Crippen molar-refractivity contribution in [1.29, 1.82) is 0 Å². The van der Waals surface area contributed by atoms with Crippen LogP contribution in [0.4, 0.5) is 4.79 Å². The normalized spacial score (nSPS) is 13.5. The number of carbonyl (C=O) groups excluding carboxylic acids is 1. The number of benzene rings is 1. The number of aromatic nitrogens is 2. The first-order valence-electron chi connectivity index (χ1n) is 7.40. The van der Waals surface area contributed by atoms with E-state index in [9.17, 15) is 9.59 Å². The van der Waals surface area contributed by atoms with E-state index in [0.717, 1.165) is 11.1 Å². The average Bonchev–Trinajstić information content (AvgIpc) is 2.95. The van der Waals surface area contributed by atoms with Gasteiger partial charge < -0.3 is 14.7 Å². The highest BCUT2D eigenvalue weighted by atomic mass is 35.5. The van der Waals surface area contributed by atoms with E-state index < -0.39 is 12.1 Å². The summed E-state index contributed by atoms with van der Waals surface area (Å²) in [4.78, 5) is 24.7. The first-order chi connectivity index (χ1) is 11.4. The van der Waals surface area contributed by atoms with Gasteiger partial charge in [0.2, 0.25) is 0 Å². The van der Waals surface area contributed by atoms with Gasteiger partial charge in [0.05, 0.1) is 18.8 Å². The lowest BCUT2D eigenvalue weighted by Gasteiger charge is -2.26. The molecule has 0 radical (unpaired) electrons. The molecular formula is C16H16ClN3O4. The first kappa shape index (κ1) is 16.3. The first-order valence-corrected chi connectivity index (χ1v) is 7.78. The maximum atomic E-state index is 12.2. The molecule has 0 spiro atoms. The fourth-order valence-electron chi connectivity index (χ4n) is 2.66. The maximum absolute atomic E-state index is 12.2. The van der Waals surface area contributed by atoms with Crippen molar-refractivity contribution in [3.8, 4) is 0 Å². The molecule has 0 saturated heterocycles. The van der Waals surface area contributed by atoms with Crippen molar-refractivity contribution in [3.05, 3.63) is 51.8 Å². The Morgan fingerprint density at radius 1 is 1.29 bits per heavy atom. The number of carbonyl (C=O) groups is 2. The van der Waals surface area contributed by atoms with Gasteiger partial charge >= 0.3 is 12.1 Å². The fourth-order valence-corrected chi connectivity index (χ4v) is 2.97. The molecule has 0 unspecified atom stereocenters. The molecule has 0 aliphatic carbocycles. The van der Waals surface area contributed by atoms with E-state index in [1.807, 2.05) is 19.1 Å². The number of fused-ring (bicyclic) bond motifs is 1. The number of aryl methyl sites for hydroxylation is 1. The number of hydrogen-bond donors (Lipinski definition) is 1. The van der Waals surface area contributed by atoms with Gasteiger partial charge in [-0.05, 0) is 36.2 Å². The molecule has 3 rings (SSSR count). The largest absolute Gasteiger partial charge is 0.476 e. The second-order valence-corrected chi connectivity index (χ2v) is 6.10. The van der Waals surface area contributed by atoms with Crippen molar-refractivity contribution in [1.82, 2.24) is 14.7 Å². The van der Waals surface area contributed by atoms with E-state index in [0.29, 0.717) is 23.8 Å². The number of nitrogens with zero attached hydrogens (tertiary/aromatic N) is 3. The maximum Gasteiger partial charge on any atom is 0.410 e. The smallest absolute Gasteiger partial charge is 0.410 e. The van der Waals surface area contributed by atoms with Gasteiger partial charge in [-0.15, -0.1) is 0 Å². The van der Waals surface area contributed by atoms with Crippen LogP contribution >= 0.6 is 11.6 Å². The Morgan fingerprint density at radius 3 is 2.79 bits per heavy atom. The minimum atomic E-state index is -1.08. The van der Waals surface area contributed by atoms with Crippen LogP contribution in [0.15, 0.2) is 24.3 Å². The van der Waals surface area contributed by atoms with Crippen LogP contribution in [0.25, 0.3) is 0 Å². The molecule has 7 nitrogen and oxygen atoms in total. The van der Waals surface area contributed by atoms with Crippen LogP contribution in [0.2, 0.25) is 5.02 Å². The summed E-state index contributed by atoms with van der Waals surface area (Å²) in [6, 6.07) is 6.97. The monoisotopic (exact) mass is 349 g/mol. The highest BCUT2D eigenvalue weighted by molar-refractivity contribution is 6.30. The summed E-state index contributed by atoms with van der Waals surface area (Å²) in [5.41, 5.74) is 2.48. The van der Waals surface area contributed by atoms with Crippen LogP contribution < -0.4 is 0 Å². The molecule has 1 aromatic carbocycles. The van der Waals surface area contributed by atoms with Crippen molar-refractivity contribution in [3.63, 3.8) is 0 Å². The Morgan fingerprint density at radius 2 is 2.08 bits per heavy atom. The molecule has 1 aliphatic rings. The third-order valence-electron chi connectivity index (χ3n) is 3.74. The van der Waals surface area contributed by atoms with Gasteiger partial charge in [0.15, 0.2) is 5.69 Å². The van der Waals surface area contributed by atoms with Crippen molar-refractivity contribution >= 4 is 23.7 Å². The van der Waals surface area contributed by atoms with Gasteiger partial charge in [0.25, 0.3) is 0 Å². The Labute approximate surface area is 143 Å². The number of amides is 1. The quantitative estimate of drug-likeness (QED) is 0.920. The summed E-state index contributed by atoms with van der Waals surface area (Å²) in [5.74, 6) is -1.08. The molecule has 1 N–H and O–H groups in total. The number of carboxylic acid groups (broad SMARTS) is 1. The predicted molar refractivity (Wildman–Crippen MR) is 86.0 cm³/mol. The third-order valence-corrected chi connectivity index (χ3v) is 3.96. The van der Waals surface area contributed by atoms with Crippen LogP contribution in [0, 0.1) is 6.92 Å². The lowest BCUT2D eigenvalue weighted by molar-refractivity contribution is 0.0687. The van der Waals surface area contributed by atoms with Crippen molar-refractivity contribution in [2.24, 2.45) is 0 Å². The highest BCUT2D eigenvalue weighted by Crippen LogP contribution is 2.17. The van der Waals surface area contributed by atoms with E-state index in [4.69, 9.17) is 21.4 Å². The molecule has 1 aliphatic heterocycles. The van der Waals surface area contributed by atoms with Crippen molar-refractivity contribution < 1.29 is 19.4 Å². The second kappa shape index (κ2) is 6.52. The zero-order valence-corrected chi connectivity index (χ0v) is 13.8. The fraction of sp³-hybridized carbons (Fsp3) is 0.312. The van der Waals surface area contributed by atoms with Crippen molar-refractivity contribution in [2.45, 2.75) is 26.6 Å². The Kier molecular flexibility index (Phi) is 4.44. The average molecular weight is 350 g/mol. The van der Waals surface area contributed by atoms with E-state index in [-0.39, 0.29) is 18.8 Å². The van der Waals surface area contributed by atoms with Crippen LogP contribution in [0.1, 0.15) is 27.3 Å². The van der Waals surface area contributed by atoms with Gasteiger partial charge in [-0.25, -0.2) is 9.59 Å². The van der Waals surface area contributed by atoms with Gasteiger partial charge in [0, 0.05) is 11.6 Å². The summed E-state index contributed by atoms with van der Waals surface area (Å²) >= 11 is 5.99. The SMILES string of the molecule is Cc1cc(Cl)cc(COC(=O)N2CCn3nc(C(=O)O)cc3C2)c1. The summed E-state index contributed by atoms with van der Waals surface area (Å²) in [6.45, 7) is 3.18. The number of hydrogen-bond acceptors (Lipinski definition) is 4. The summed E-state index contributed by atoms with van der Waals surface area (Å²) in [5, 5.41) is 13.6. The Bertz CT molecular complexity index is 782. The predicted octanol–water partition coefficient (Wildman–Crippen LogP) is 2.70. The van der Waals surface area contributed by atoms with E-state index in [1.165, 1.54) is 11.0 Å². The van der Waals surface area contributed by atoms with E-state index in [2.05, 4.69) is 5.10 Å². The molecule has 0 fully saturated rings. The standard InChI is InChI=1S/C16H16ClN3O4/c1-10-4-11(6-12(17)5-10)9-24-16(23)19-2-3-20-13(8-19)7-14(18-20)15(21)22/h4-7H,2-3,8-9H2,1H3,(H,21,22). The summed E-state index contributed by atoms with van der Waals surface area (Å²) in [6.07, 6.45) is -0.447. The van der Waals surface area contributed by atoms with Crippen LogP contribution in [-0.4, -0.2) is 38.4 Å². The topological polar surface area (TPSA) is 84.7 Å². The number of ether oxygens (including phenoxy) is 1. The number of rotatable bonds is 3. The zero-order valence-electron chi connectivity index (χ0n) is 13.0. The van der Waals surface area contributed by atoms with Crippen LogP contribution in [0.3, 0.4) is 0 Å². The summed E-state index contributed by atoms with van der Waals surface area (Å²) < 4.78 is 6.93. The highest BCUT2D eigenvalue weighted by Gasteiger charge is 2.24. The minimum Gasteiger partial charge on any atom is -0.476 e. The number of halogens is 1. The second-order valence-electron chi connectivity index (χ2n) is 5.66. The molecule has 126 valence electrons. The molecule has 8 heteroatoms. The van der Waals surface area contributed by atoms with Crippen molar-refractivity contribution in [2.75, 3.05) is 6.54 Å². The van der Waals surface area contributed by atoms with Gasteiger partial charge in [-0.1, -0.05) is 17.7 Å². The van der Waals surface area contributed by atoms with Crippen LogP contribution in [0.5, 0.6) is 0 Å². The minimum absolute atomic E-state index is 0.0189. The van der Waals surface area contributed by atoms with Crippen LogP contribution in [-0.2, 0) is 24.4 Å². The molecule has 0 saturated carbocycles. The number of aromatic carboxylic acids is 1. The molecule has 0 bridgehead atoms. The van der Waals surface area contributed by atoms with E-state index >= 15 is 0 Å². The molecule has 0 atom stereocenters. The molecule has 24 heavy (non-hydrogen) atoms. The molecular weight excluding hydrogens is 334 g/mol. The molecule has 2 heterocycles. The Hall–Kier alpha value is -2.54. The van der Waals surface area contributed by atoms with Gasteiger partial charge in [0.1, 0.15) is 6.61 Å². The summed E-state index contributed by atoms with van der Waals surface area (Å²) in [7, 11) is 0. The molecule has 1 amide bonds.